The first-order valence-corrected chi connectivity index (χ1v) is 22.2. The van der Waals surface area contributed by atoms with Crippen LogP contribution in [0.4, 0.5) is 0 Å². The van der Waals surface area contributed by atoms with Gasteiger partial charge in [0.1, 0.15) is 0 Å². The van der Waals surface area contributed by atoms with Crippen molar-refractivity contribution in [3.63, 3.8) is 0 Å². The summed E-state index contributed by atoms with van der Waals surface area (Å²) < 4.78 is 5.04. The van der Waals surface area contributed by atoms with Crippen LogP contribution in [0.5, 0.6) is 0 Å². The molecule has 0 fully saturated rings. The molecular formula is C46H86O3. The molecule has 0 saturated carbocycles. The molecule has 3 heteroatoms. The van der Waals surface area contributed by atoms with E-state index in [1.807, 2.05) is 0 Å². The third-order valence-corrected chi connectivity index (χ3v) is 10.0. The van der Waals surface area contributed by atoms with Crippen LogP contribution in [0, 0.1) is 0 Å². The van der Waals surface area contributed by atoms with Crippen LogP contribution in [-0.2, 0) is 14.3 Å². The van der Waals surface area contributed by atoms with Crippen molar-refractivity contribution in [3.8, 4) is 0 Å². The highest BCUT2D eigenvalue weighted by Gasteiger charge is 2.10. The van der Waals surface area contributed by atoms with Crippen molar-refractivity contribution >= 4 is 11.9 Å². The second-order valence-corrected chi connectivity index (χ2v) is 15.1. The van der Waals surface area contributed by atoms with E-state index in [1.165, 1.54) is 205 Å². The van der Waals surface area contributed by atoms with Gasteiger partial charge in [0, 0.05) is 12.8 Å². The van der Waals surface area contributed by atoms with Crippen molar-refractivity contribution in [2.45, 2.75) is 258 Å². The Morgan fingerprint density at radius 3 is 0.755 bits per heavy atom. The first-order valence-electron chi connectivity index (χ1n) is 22.2. The van der Waals surface area contributed by atoms with Crippen molar-refractivity contribution in [2.75, 3.05) is 0 Å². The van der Waals surface area contributed by atoms with Gasteiger partial charge in [-0.25, -0.2) is 0 Å². The van der Waals surface area contributed by atoms with Crippen LogP contribution in [0.25, 0.3) is 0 Å². The van der Waals surface area contributed by atoms with Crippen molar-refractivity contribution in [3.05, 3.63) is 24.3 Å². The highest BCUT2D eigenvalue weighted by Crippen LogP contribution is 2.15. The van der Waals surface area contributed by atoms with Gasteiger partial charge in [-0.05, 0) is 64.2 Å². The molecule has 0 N–H and O–H groups in total. The monoisotopic (exact) mass is 687 g/mol. The lowest BCUT2D eigenvalue weighted by Gasteiger charge is -2.05. The summed E-state index contributed by atoms with van der Waals surface area (Å²) >= 11 is 0. The van der Waals surface area contributed by atoms with Gasteiger partial charge < -0.3 is 4.74 Å². The molecule has 49 heavy (non-hydrogen) atoms. The number of hydrogen-bond acceptors (Lipinski definition) is 3. The minimum absolute atomic E-state index is 0.327. The van der Waals surface area contributed by atoms with E-state index in [4.69, 9.17) is 4.74 Å². The Balaban J connectivity index is 3.31. The maximum Gasteiger partial charge on any atom is 0.313 e. The molecule has 3 nitrogen and oxygen atoms in total. The van der Waals surface area contributed by atoms with Crippen LogP contribution in [0.2, 0.25) is 0 Å². The lowest BCUT2D eigenvalue weighted by molar-refractivity contribution is -0.159. The van der Waals surface area contributed by atoms with E-state index in [-0.39, 0.29) is 11.9 Å². The molecule has 0 heterocycles. The third-order valence-electron chi connectivity index (χ3n) is 10.0. The van der Waals surface area contributed by atoms with E-state index >= 15 is 0 Å². The number of ether oxygens (including phenoxy) is 1. The first-order chi connectivity index (χ1) is 24.2. The van der Waals surface area contributed by atoms with Crippen LogP contribution in [0.3, 0.4) is 0 Å². The smallest absolute Gasteiger partial charge is 0.313 e. The average Bonchev–Trinajstić information content (AvgIpc) is 3.10. The molecule has 0 aliphatic heterocycles. The number of esters is 2. The second-order valence-electron chi connectivity index (χ2n) is 15.1. The minimum atomic E-state index is -0.328. The number of carbonyl (C=O) groups is 2. The lowest BCUT2D eigenvalue weighted by atomic mass is 10.0. The summed E-state index contributed by atoms with van der Waals surface area (Å²) in [5.74, 6) is -0.655. The Kier molecular flexibility index (Phi) is 41.6. The summed E-state index contributed by atoms with van der Waals surface area (Å²) in [6.07, 6.45) is 56.9. The lowest BCUT2D eigenvalue weighted by Crippen LogP contribution is -2.11. The first kappa shape index (κ1) is 47.6. The normalized spacial score (nSPS) is 11.7. The van der Waals surface area contributed by atoms with Crippen LogP contribution in [0.15, 0.2) is 24.3 Å². The van der Waals surface area contributed by atoms with E-state index in [0.717, 1.165) is 25.7 Å². The van der Waals surface area contributed by atoms with Gasteiger partial charge in [-0.2, -0.15) is 0 Å². The maximum atomic E-state index is 12.0. The summed E-state index contributed by atoms with van der Waals surface area (Å²) in [5.41, 5.74) is 0. The van der Waals surface area contributed by atoms with Gasteiger partial charge in [-0.15, -0.1) is 0 Å². The van der Waals surface area contributed by atoms with Crippen LogP contribution >= 0.6 is 0 Å². The van der Waals surface area contributed by atoms with Crippen molar-refractivity contribution in [1.82, 2.24) is 0 Å². The number of rotatable bonds is 40. The van der Waals surface area contributed by atoms with E-state index in [1.54, 1.807) is 0 Å². The van der Waals surface area contributed by atoms with Crippen molar-refractivity contribution in [2.24, 2.45) is 0 Å². The molecule has 0 aromatic heterocycles. The van der Waals surface area contributed by atoms with Crippen molar-refractivity contribution < 1.29 is 14.3 Å². The molecule has 0 aromatic carbocycles. The molecule has 0 atom stereocenters. The molecule has 0 amide bonds. The summed E-state index contributed by atoms with van der Waals surface area (Å²) in [6.45, 7) is 4.56. The van der Waals surface area contributed by atoms with Gasteiger partial charge in [0.25, 0.3) is 0 Å². The summed E-state index contributed by atoms with van der Waals surface area (Å²) in [6, 6.07) is 0. The van der Waals surface area contributed by atoms with Gasteiger partial charge in [-0.1, -0.05) is 205 Å². The molecule has 0 unspecified atom stereocenters. The highest BCUT2D eigenvalue weighted by molar-refractivity contribution is 5.85. The number of allylic oxidation sites excluding steroid dienone is 4. The SMILES string of the molecule is CCCCCCCC/C=C\CCCCCCCCCCCCCC(=O)OC(=O)CCCCCCCCCCC/C=C\CCCCCCCC. The third kappa shape index (κ3) is 42.7. The molecule has 0 aliphatic carbocycles. The summed E-state index contributed by atoms with van der Waals surface area (Å²) in [7, 11) is 0. The highest BCUT2D eigenvalue weighted by atomic mass is 16.6. The van der Waals surface area contributed by atoms with Crippen molar-refractivity contribution in [1.29, 1.82) is 0 Å². The zero-order valence-electron chi connectivity index (χ0n) is 33.4. The zero-order valence-corrected chi connectivity index (χ0v) is 33.4. The molecule has 0 bridgehead atoms. The van der Waals surface area contributed by atoms with Gasteiger partial charge in [0.2, 0.25) is 0 Å². The van der Waals surface area contributed by atoms with Gasteiger partial charge >= 0.3 is 11.9 Å². The summed E-state index contributed by atoms with van der Waals surface area (Å²) in [4.78, 5) is 24.0. The molecule has 0 spiro atoms. The topological polar surface area (TPSA) is 43.4 Å². The van der Waals surface area contributed by atoms with Gasteiger partial charge in [0.15, 0.2) is 0 Å². The molecule has 288 valence electrons. The molecular weight excluding hydrogens is 601 g/mol. The Bertz CT molecular complexity index is 724. The maximum absolute atomic E-state index is 12.0. The van der Waals surface area contributed by atoms with Gasteiger partial charge in [0.05, 0.1) is 0 Å². The van der Waals surface area contributed by atoms with E-state index in [9.17, 15) is 9.59 Å². The number of carbonyl (C=O) groups excluding carboxylic acids is 2. The number of unbranched alkanes of at least 4 members (excludes halogenated alkanes) is 32. The zero-order chi connectivity index (χ0) is 35.6. The number of hydrogen-bond donors (Lipinski definition) is 0. The molecule has 0 radical (unpaired) electrons. The fourth-order valence-corrected chi connectivity index (χ4v) is 6.68. The van der Waals surface area contributed by atoms with Crippen LogP contribution < -0.4 is 0 Å². The largest absolute Gasteiger partial charge is 0.393 e. The van der Waals surface area contributed by atoms with Crippen LogP contribution in [-0.4, -0.2) is 11.9 Å². The fourth-order valence-electron chi connectivity index (χ4n) is 6.68. The quantitative estimate of drug-likeness (QED) is 0.0279. The Morgan fingerprint density at radius 2 is 0.510 bits per heavy atom. The predicted molar refractivity (Wildman–Crippen MR) is 216 cm³/mol. The molecule has 0 aliphatic rings. The minimum Gasteiger partial charge on any atom is -0.393 e. The summed E-state index contributed by atoms with van der Waals surface area (Å²) in [5, 5.41) is 0. The molecule has 0 rings (SSSR count). The Hall–Kier alpha value is -1.38. The standard InChI is InChI=1S/C46H86O3/c1-3-5-7-9-11-13-15-17-19-21-23-24-26-28-30-32-34-36-38-40-42-44-46(48)49-45(47)43-41-39-37-35-33-31-29-27-25-22-20-18-16-14-12-10-8-6-4-2/h17-20H,3-16,21-44H2,1-2H3/b19-17-,20-18-. The second kappa shape index (κ2) is 42.8. The molecule has 0 saturated heterocycles. The van der Waals surface area contributed by atoms with E-state index in [0.29, 0.717) is 12.8 Å². The fraction of sp³-hybridized carbons (Fsp3) is 0.870. The van der Waals surface area contributed by atoms with Crippen LogP contribution in [0.1, 0.15) is 258 Å². The van der Waals surface area contributed by atoms with E-state index < -0.39 is 0 Å². The van der Waals surface area contributed by atoms with E-state index in [2.05, 4.69) is 38.2 Å². The Labute approximate surface area is 307 Å². The predicted octanol–water partition coefficient (Wildman–Crippen LogP) is 16.0. The van der Waals surface area contributed by atoms with Gasteiger partial charge in [-0.3, -0.25) is 9.59 Å². The Morgan fingerprint density at radius 1 is 0.306 bits per heavy atom. The molecule has 0 aromatic rings. The average molecular weight is 687 g/mol.